The number of nitrogens with zero attached hydrogens (tertiary/aromatic N) is 1. The molecule has 0 spiro atoms. The number of hydrogen-bond acceptors (Lipinski definition) is 3. The average molecular weight is 225 g/mol. The summed E-state index contributed by atoms with van der Waals surface area (Å²) >= 11 is 1.68. The Morgan fingerprint density at radius 2 is 2.20 bits per heavy atom. The predicted octanol–water partition coefficient (Wildman–Crippen LogP) is 2.08. The second-order valence-electron chi connectivity index (χ2n) is 3.42. The number of aromatic nitrogens is 1. The summed E-state index contributed by atoms with van der Waals surface area (Å²) in [6.07, 6.45) is 4.53. The van der Waals surface area contributed by atoms with Gasteiger partial charge in [0, 0.05) is 18.1 Å². The van der Waals surface area contributed by atoms with Crippen molar-refractivity contribution in [2.75, 3.05) is 11.5 Å². The van der Waals surface area contributed by atoms with Gasteiger partial charge in [-0.1, -0.05) is 6.92 Å². The summed E-state index contributed by atoms with van der Waals surface area (Å²) in [5.74, 6) is 0.668. The zero-order valence-electron chi connectivity index (χ0n) is 8.72. The average Bonchev–Trinajstić information content (AvgIpc) is 2.25. The van der Waals surface area contributed by atoms with Gasteiger partial charge in [0.1, 0.15) is 0 Å². The third-order valence-electron chi connectivity index (χ3n) is 2.07. The lowest BCUT2D eigenvalue weighted by Crippen LogP contribution is -2.12. The molecule has 0 aliphatic rings. The number of pyridine rings is 1. The molecule has 1 unspecified atom stereocenters. The van der Waals surface area contributed by atoms with Crippen molar-refractivity contribution in [3.05, 3.63) is 30.1 Å². The molecule has 0 aromatic carbocycles. The molecule has 4 heteroatoms. The van der Waals surface area contributed by atoms with Crippen LogP contribution in [0.4, 0.5) is 0 Å². The number of rotatable bonds is 6. The first-order valence-corrected chi connectivity index (χ1v) is 6.05. The first kappa shape index (κ1) is 12.0. The molecule has 1 aromatic rings. The Labute approximate surface area is 93.9 Å². The van der Waals surface area contributed by atoms with E-state index in [1.54, 1.807) is 31.1 Å². The van der Waals surface area contributed by atoms with E-state index in [0.29, 0.717) is 5.75 Å². The maximum absolute atomic E-state index is 10.5. The van der Waals surface area contributed by atoms with Crippen LogP contribution < -0.4 is 0 Å². The van der Waals surface area contributed by atoms with Gasteiger partial charge in [0.05, 0.1) is 5.92 Å². The van der Waals surface area contributed by atoms with E-state index in [-0.39, 0.29) is 5.92 Å². The molecular weight excluding hydrogens is 210 g/mol. The SMILES string of the molecule is CC(CSCCc1ccncc1)C(=O)O. The molecule has 82 valence electrons. The fourth-order valence-corrected chi connectivity index (χ4v) is 2.11. The third-order valence-corrected chi connectivity index (χ3v) is 3.30. The molecule has 15 heavy (non-hydrogen) atoms. The summed E-state index contributed by atoms with van der Waals surface area (Å²) in [6, 6.07) is 3.97. The van der Waals surface area contributed by atoms with Gasteiger partial charge in [-0.15, -0.1) is 0 Å². The highest BCUT2D eigenvalue weighted by atomic mass is 32.2. The van der Waals surface area contributed by atoms with Gasteiger partial charge in [-0.25, -0.2) is 0 Å². The fraction of sp³-hybridized carbons (Fsp3) is 0.455. The maximum atomic E-state index is 10.5. The quantitative estimate of drug-likeness (QED) is 0.753. The van der Waals surface area contributed by atoms with E-state index in [1.165, 1.54) is 5.56 Å². The zero-order valence-corrected chi connectivity index (χ0v) is 9.54. The molecule has 0 amide bonds. The Kier molecular flexibility index (Phi) is 5.18. The highest BCUT2D eigenvalue weighted by molar-refractivity contribution is 7.99. The number of carbonyl (C=O) groups is 1. The normalized spacial score (nSPS) is 12.3. The van der Waals surface area contributed by atoms with Crippen LogP contribution in [0.2, 0.25) is 0 Å². The van der Waals surface area contributed by atoms with Gasteiger partial charge in [-0.2, -0.15) is 11.8 Å². The summed E-state index contributed by atoms with van der Waals surface area (Å²) in [6.45, 7) is 1.74. The van der Waals surface area contributed by atoms with E-state index in [4.69, 9.17) is 5.11 Å². The fourth-order valence-electron chi connectivity index (χ4n) is 1.07. The van der Waals surface area contributed by atoms with Gasteiger partial charge in [0.2, 0.25) is 0 Å². The maximum Gasteiger partial charge on any atom is 0.307 e. The Bertz CT molecular complexity index is 303. The second-order valence-corrected chi connectivity index (χ2v) is 4.57. The van der Waals surface area contributed by atoms with Crippen LogP contribution in [0.25, 0.3) is 0 Å². The molecule has 0 bridgehead atoms. The van der Waals surface area contributed by atoms with E-state index >= 15 is 0 Å². The van der Waals surface area contributed by atoms with Gasteiger partial charge in [-0.05, 0) is 29.9 Å². The van der Waals surface area contributed by atoms with Crippen LogP contribution in [0, 0.1) is 5.92 Å². The van der Waals surface area contributed by atoms with Crippen LogP contribution in [0.15, 0.2) is 24.5 Å². The largest absolute Gasteiger partial charge is 0.481 e. The lowest BCUT2D eigenvalue weighted by atomic mass is 10.2. The molecule has 0 aliphatic carbocycles. The lowest BCUT2D eigenvalue weighted by molar-refractivity contribution is -0.140. The minimum absolute atomic E-state index is 0.257. The van der Waals surface area contributed by atoms with Crippen molar-refractivity contribution < 1.29 is 9.90 Å². The second kappa shape index (κ2) is 6.45. The van der Waals surface area contributed by atoms with Crippen LogP contribution >= 0.6 is 11.8 Å². The Hall–Kier alpha value is -1.03. The van der Waals surface area contributed by atoms with Gasteiger partial charge in [0.25, 0.3) is 0 Å². The van der Waals surface area contributed by atoms with Crippen molar-refractivity contribution in [3.63, 3.8) is 0 Å². The molecule has 1 rings (SSSR count). The van der Waals surface area contributed by atoms with Crippen LogP contribution in [0.3, 0.4) is 0 Å². The molecule has 1 N–H and O–H groups in total. The van der Waals surface area contributed by atoms with Gasteiger partial charge < -0.3 is 5.11 Å². The van der Waals surface area contributed by atoms with Crippen LogP contribution in [0.1, 0.15) is 12.5 Å². The minimum atomic E-state index is -0.716. The molecule has 0 saturated heterocycles. The van der Waals surface area contributed by atoms with Crippen molar-refractivity contribution >= 4 is 17.7 Å². The van der Waals surface area contributed by atoms with Gasteiger partial charge >= 0.3 is 5.97 Å². The van der Waals surface area contributed by atoms with E-state index in [2.05, 4.69) is 4.98 Å². The van der Waals surface area contributed by atoms with Crippen molar-refractivity contribution in [1.29, 1.82) is 0 Å². The van der Waals surface area contributed by atoms with E-state index in [0.717, 1.165) is 12.2 Å². The number of aryl methyl sites for hydroxylation is 1. The van der Waals surface area contributed by atoms with Crippen molar-refractivity contribution in [3.8, 4) is 0 Å². The Morgan fingerprint density at radius 3 is 2.80 bits per heavy atom. The lowest BCUT2D eigenvalue weighted by Gasteiger charge is -2.05. The van der Waals surface area contributed by atoms with E-state index < -0.39 is 5.97 Å². The summed E-state index contributed by atoms with van der Waals surface area (Å²) in [4.78, 5) is 14.5. The summed E-state index contributed by atoms with van der Waals surface area (Å²) < 4.78 is 0. The highest BCUT2D eigenvalue weighted by Crippen LogP contribution is 2.10. The number of hydrogen-bond donors (Lipinski definition) is 1. The molecule has 0 radical (unpaired) electrons. The Balaban J connectivity index is 2.15. The van der Waals surface area contributed by atoms with Crippen LogP contribution in [-0.2, 0) is 11.2 Å². The monoisotopic (exact) mass is 225 g/mol. The summed E-state index contributed by atoms with van der Waals surface area (Å²) in [7, 11) is 0. The standard InChI is InChI=1S/C11H15NO2S/c1-9(11(13)14)8-15-7-4-10-2-5-12-6-3-10/h2-3,5-6,9H,4,7-8H2,1H3,(H,13,14). The van der Waals surface area contributed by atoms with Crippen LogP contribution in [-0.4, -0.2) is 27.6 Å². The first-order chi connectivity index (χ1) is 7.20. The van der Waals surface area contributed by atoms with Crippen molar-refractivity contribution in [1.82, 2.24) is 4.98 Å². The molecule has 1 aromatic heterocycles. The molecule has 1 atom stereocenters. The minimum Gasteiger partial charge on any atom is -0.481 e. The number of thioether (sulfide) groups is 1. The molecule has 0 saturated carbocycles. The number of carboxylic acid groups (broad SMARTS) is 1. The van der Waals surface area contributed by atoms with E-state index in [9.17, 15) is 4.79 Å². The molecule has 1 heterocycles. The van der Waals surface area contributed by atoms with Gasteiger partial charge in [0.15, 0.2) is 0 Å². The third kappa shape index (κ3) is 4.83. The number of aliphatic carboxylic acids is 1. The van der Waals surface area contributed by atoms with Crippen molar-refractivity contribution in [2.45, 2.75) is 13.3 Å². The zero-order chi connectivity index (χ0) is 11.1. The highest BCUT2D eigenvalue weighted by Gasteiger charge is 2.09. The predicted molar refractivity (Wildman–Crippen MR) is 62.1 cm³/mol. The Morgan fingerprint density at radius 1 is 1.53 bits per heavy atom. The van der Waals surface area contributed by atoms with Gasteiger partial charge in [-0.3, -0.25) is 9.78 Å². The summed E-state index contributed by atoms with van der Waals surface area (Å²) in [5, 5.41) is 8.68. The topological polar surface area (TPSA) is 50.2 Å². The number of carboxylic acids is 1. The molecule has 0 fully saturated rings. The molecule has 3 nitrogen and oxygen atoms in total. The smallest absolute Gasteiger partial charge is 0.307 e. The van der Waals surface area contributed by atoms with Crippen molar-refractivity contribution in [2.24, 2.45) is 5.92 Å². The first-order valence-electron chi connectivity index (χ1n) is 4.89. The molecule has 0 aliphatic heterocycles. The van der Waals surface area contributed by atoms with Crippen LogP contribution in [0.5, 0.6) is 0 Å². The van der Waals surface area contributed by atoms with E-state index in [1.807, 2.05) is 12.1 Å². The molecular formula is C11H15NO2S. The summed E-state index contributed by atoms with van der Waals surface area (Å²) in [5.41, 5.74) is 1.25.